The lowest BCUT2D eigenvalue weighted by atomic mass is 10.2. The molecule has 122 valence electrons. The summed E-state index contributed by atoms with van der Waals surface area (Å²) < 4.78 is 6.17. The van der Waals surface area contributed by atoms with Gasteiger partial charge < -0.3 is 16.2 Å². The van der Waals surface area contributed by atoms with Crippen molar-refractivity contribution >= 4 is 45.6 Å². The van der Waals surface area contributed by atoms with Crippen molar-refractivity contribution in [1.82, 2.24) is 15.0 Å². The van der Waals surface area contributed by atoms with Gasteiger partial charge in [-0.15, -0.1) is 11.8 Å². The van der Waals surface area contributed by atoms with Crippen molar-refractivity contribution in [2.75, 3.05) is 17.2 Å². The second kappa shape index (κ2) is 7.60. The van der Waals surface area contributed by atoms with Crippen LogP contribution in [0.3, 0.4) is 0 Å². The first-order valence-corrected chi connectivity index (χ1v) is 8.44. The number of anilines is 2. The number of aryl methyl sites for hydroxylation is 2. The van der Waals surface area contributed by atoms with Crippen molar-refractivity contribution in [3.8, 4) is 0 Å². The molecule has 1 heterocycles. The third-order valence-corrected chi connectivity index (χ3v) is 4.87. The lowest BCUT2D eigenvalue weighted by molar-refractivity contribution is -0.141. The van der Waals surface area contributed by atoms with Crippen molar-refractivity contribution in [2.45, 2.75) is 25.3 Å². The van der Waals surface area contributed by atoms with E-state index in [0.717, 1.165) is 20.5 Å². The quantitative estimate of drug-likeness (QED) is 0.582. The molecule has 0 spiro atoms. The number of ether oxygens (including phenoxy) is 1. The number of hydrogen-bond donors (Lipinski definition) is 2. The SMILES string of the molecule is Cc1cc(SCC(=O)OCc2nc(N)nc(N)n2)c(C)cc1Br. The van der Waals surface area contributed by atoms with E-state index in [1.54, 1.807) is 0 Å². The van der Waals surface area contributed by atoms with Crippen molar-refractivity contribution in [3.05, 3.63) is 33.6 Å². The number of esters is 1. The average molecular weight is 398 g/mol. The zero-order valence-electron chi connectivity index (χ0n) is 12.7. The van der Waals surface area contributed by atoms with Crippen LogP contribution >= 0.6 is 27.7 Å². The Bertz CT molecular complexity index is 721. The molecule has 2 rings (SSSR count). The molecule has 2 aromatic rings. The topological polar surface area (TPSA) is 117 Å². The van der Waals surface area contributed by atoms with Gasteiger partial charge in [0, 0.05) is 9.37 Å². The van der Waals surface area contributed by atoms with Crippen LogP contribution in [-0.2, 0) is 16.1 Å². The fourth-order valence-electron chi connectivity index (χ4n) is 1.75. The summed E-state index contributed by atoms with van der Waals surface area (Å²) >= 11 is 4.90. The van der Waals surface area contributed by atoms with Crippen LogP contribution in [0.2, 0.25) is 0 Å². The first kappa shape index (κ1) is 17.5. The molecule has 0 fully saturated rings. The zero-order valence-corrected chi connectivity index (χ0v) is 15.1. The number of nitrogen functional groups attached to an aromatic ring is 2. The van der Waals surface area contributed by atoms with Gasteiger partial charge in [0.1, 0.15) is 0 Å². The minimum Gasteiger partial charge on any atom is -0.457 e. The molecule has 0 unspecified atom stereocenters. The van der Waals surface area contributed by atoms with Crippen LogP contribution in [0, 0.1) is 13.8 Å². The molecule has 0 aliphatic rings. The Kier molecular flexibility index (Phi) is 5.78. The summed E-state index contributed by atoms with van der Waals surface area (Å²) in [5, 5.41) is 0. The van der Waals surface area contributed by atoms with E-state index in [9.17, 15) is 4.79 Å². The first-order chi connectivity index (χ1) is 10.8. The van der Waals surface area contributed by atoms with Gasteiger partial charge >= 0.3 is 5.97 Å². The number of nitrogens with zero attached hydrogens (tertiary/aromatic N) is 3. The maximum Gasteiger partial charge on any atom is 0.316 e. The van der Waals surface area contributed by atoms with Gasteiger partial charge in [-0.25, -0.2) is 0 Å². The van der Waals surface area contributed by atoms with Gasteiger partial charge in [-0.1, -0.05) is 15.9 Å². The van der Waals surface area contributed by atoms with E-state index in [1.165, 1.54) is 11.8 Å². The molecular weight excluding hydrogens is 382 g/mol. The van der Waals surface area contributed by atoms with Crippen molar-refractivity contribution in [1.29, 1.82) is 0 Å². The number of hydrogen-bond acceptors (Lipinski definition) is 8. The minimum absolute atomic E-state index is 0.00103. The predicted octanol–water partition coefficient (Wildman–Crippen LogP) is 2.25. The molecular formula is C14H16BrN5O2S. The van der Waals surface area contributed by atoms with Gasteiger partial charge in [0.05, 0.1) is 5.75 Å². The summed E-state index contributed by atoms with van der Waals surface area (Å²) in [5.41, 5.74) is 13.1. The second-order valence-corrected chi connectivity index (χ2v) is 6.66. The molecule has 0 saturated heterocycles. The Balaban J connectivity index is 1.89. The van der Waals surface area contributed by atoms with Gasteiger partial charge in [-0.05, 0) is 37.1 Å². The molecule has 0 bridgehead atoms. The number of nitrogens with two attached hydrogens (primary N) is 2. The Labute approximate surface area is 146 Å². The van der Waals surface area contributed by atoms with Crippen LogP contribution in [0.25, 0.3) is 0 Å². The first-order valence-electron chi connectivity index (χ1n) is 6.66. The maximum absolute atomic E-state index is 11.8. The van der Waals surface area contributed by atoms with Crippen LogP contribution in [0.15, 0.2) is 21.5 Å². The number of thioether (sulfide) groups is 1. The van der Waals surface area contributed by atoms with Crippen LogP contribution in [-0.4, -0.2) is 26.7 Å². The normalized spacial score (nSPS) is 10.6. The monoisotopic (exact) mass is 397 g/mol. The highest BCUT2D eigenvalue weighted by Gasteiger charge is 2.10. The molecule has 0 aliphatic carbocycles. The van der Waals surface area contributed by atoms with Gasteiger partial charge in [0.25, 0.3) is 0 Å². The number of rotatable bonds is 5. The number of halogens is 1. The van der Waals surface area contributed by atoms with E-state index >= 15 is 0 Å². The molecule has 0 amide bonds. The predicted molar refractivity (Wildman–Crippen MR) is 92.8 cm³/mol. The molecule has 0 radical (unpaired) electrons. The molecule has 1 aromatic heterocycles. The highest BCUT2D eigenvalue weighted by atomic mass is 79.9. The van der Waals surface area contributed by atoms with E-state index in [2.05, 4.69) is 30.9 Å². The standard InChI is InChI=1S/C14H16BrN5O2S/c1-7-4-10(8(2)3-9(7)15)23-6-12(21)22-5-11-18-13(16)20-14(17)19-11/h3-4H,5-6H2,1-2H3,(H4,16,17,18,19,20). The third kappa shape index (κ3) is 5.07. The Morgan fingerprint density at radius 2 is 1.83 bits per heavy atom. The fourth-order valence-corrected chi connectivity index (χ4v) is 3.12. The van der Waals surface area contributed by atoms with Crippen LogP contribution < -0.4 is 11.5 Å². The van der Waals surface area contributed by atoms with Crippen molar-refractivity contribution in [3.63, 3.8) is 0 Å². The molecule has 9 heteroatoms. The summed E-state index contributed by atoms with van der Waals surface area (Å²) in [7, 11) is 0. The Morgan fingerprint density at radius 1 is 1.17 bits per heavy atom. The Morgan fingerprint density at radius 3 is 2.48 bits per heavy atom. The zero-order chi connectivity index (χ0) is 17.0. The smallest absolute Gasteiger partial charge is 0.316 e. The minimum atomic E-state index is -0.368. The van der Waals surface area contributed by atoms with Crippen LogP contribution in [0.1, 0.15) is 17.0 Å². The lowest BCUT2D eigenvalue weighted by Crippen LogP contribution is -2.12. The van der Waals surface area contributed by atoms with Gasteiger partial charge in [-0.3, -0.25) is 4.79 Å². The molecule has 0 atom stereocenters. The molecule has 7 nitrogen and oxygen atoms in total. The number of aromatic nitrogens is 3. The number of carbonyl (C=O) groups is 1. The molecule has 23 heavy (non-hydrogen) atoms. The molecule has 4 N–H and O–H groups in total. The number of benzene rings is 1. The summed E-state index contributed by atoms with van der Waals surface area (Å²) in [4.78, 5) is 24.2. The highest BCUT2D eigenvalue weighted by Crippen LogP contribution is 2.28. The van der Waals surface area contributed by atoms with Crippen LogP contribution in [0.5, 0.6) is 0 Å². The summed E-state index contributed by atoms with van der Waals surface area (Å²) in [6, 6.07) is 4.06. The second-order valence-electron chi connectivity index (χ2n) is 4.78. The van der Waals surface area contributed by atoms with Gasteiger partial charge in [-0.2, -0.15) is 15.0 Å². The molecule has 0 aliphatic heterocycles. The van der Waals surface area contributed by atoms with Crippen molar-refractivity contribution < 1.29 is 9.53 Å². The van der Waals surface area contributed by atoms with Gasteiger partial charge in [0.15, 0.2) is 12.4 Å². The van der Waals surface area contributed by atoms with Crippen LogP contribution in [0.4, 0.5) is 11.9 Å². The van der Waals surface area contributed by atoms with E-state index in [1.807, 2.05) is 26.0 Å². The lowest BCUT2D eigenvalue weighted by Gasteiger charge is -2.09. The number of carbonyl (C=O) groups excluding carboxylic acids is 1. The van der Waals surface area contributed by atoms with Crippen molar-refractivity contribution in [2.24, 2.45) is 0 Å². The van der Waals surface area contributed by atoms with E-state index in [-0.39, 0.29) is 36.1 Å². The van der Waals surface area contributed by atoms with E-state index in [0.29, 0.717) is 0 Å². The summed E-state index contributed by atoms with van der Waals surface area (Å²) in [5.74, 6) is 0.0483. The molecule has 1 aromatic carbocycles. The maximum atomic E-state index is 11.8. The Hall–Kier alpha value is -1.87. The third-order valence-electron chi connectivity index (χ3n) is 2.88. The molecule has 0 saturated carbocycles. The van der Waals surface area contributed by atoms with E-state index < -0.39 is 0 Å². The summed E-state index contributed by atoms with van der Waals surface area (Å²) in [6.07, 6.45) is 0. The average Bonchev–Trinajstić information content (AvgIpc) is 2.46. The fraction of sp³-hybridized carbons (Fsp3) is 0.286. The summed E-state index contributed by atoms with van der Waals surface area (Å²) in [6.45, 7) is 3.91. The largest absolute Gasteiger partial charge is 0.457 e. The highest BCUT2D eigenvalue weighted by molar-refractivity contribution is 9.10. The van der Waals surface area contributed by atoms with Gasteiger partial charge in [0.2, 0.25) is 11.9 Å². The van der Waals surface area contributed by atoms with E-state index in [4.69, 9.17) is 16.2 Å².